The highest BCUT2D eigenvalue weighted by Crippen LogP contribution is 2.31. The first kappa shape index (κ1) is 20.1. The van der Waals surface area contributed by atoms with Crippen LogP contribution in [-0.2, 0) is 10.0 Å². The SMILES string of the molecule is COc1cc(NS(=O)(=O)c2c(C)[nH]c(C)c2C(=O)N2CCCC2)cc(OC)c1. The smallest absolute Gasteiger partial charge is 0.264 e. The topological polar surface area (TPSA) is 101 Å². The number of H-pyrrole nitrogens is 1. The number of ether oxygens (including phenoxy) is 2. The van der Waals surface area contributed by atoms with Gasteiger partial charge in [0.1, 0.15) is 16.4 Å². The second-order valence-corrected chi connectivity index (χ2v) is 8.40. The van der Waals surface area contributed by atoms with E-state index < -0.39 is 10.0 Å². The van der Waals surface area contributed by atoms with E-state index in [9.17, 15) is 13.2 Å². The van der Waals surface area contributed by atoms with Crippen LogP contribution in [0.4, 0.5) is 5.69 Å². The van der Waals surface area contributed by atoms with E-state index in [0.29, 0.717) is 36.0 Å². The van der Waals surface area contributed by atoms with Crippen LogP contribution in [0.3, 0.4) is 0 Å². The van der Waals surface area contributed by atoms with Crippen molar-refractivity contribution in [3.63, 3.8) is 0 Å². The molecule has 0 spiro atoms. The Morgan fingerprint density at radius 3 is 2.14 bits per heavy atom. The van der Waals surface area contributed by atoms with E-state index in [1.54, 1.807) is 36.9 Å². The summed E-state index contributed by atoms with van der Waals surface area (Å²) in [6, 6.07) is 4.75. The summed E-state index contributed by atoms with van der Waals surface area (Å²) in [6.45, 7) is 4.64. The molecule has 1 saturated heterocycles. The average molecular weight is 407 g/mol. The van der Waals surface area contributed by atoms with E-state index >= 15 is 0 Å². The first-order valence-electron chi connectivity index (χ1n) is 9.01. The lowest BCUT2D eigenvalue weighted by Crippen LogP contribution is -2.29. The third-order valence-corrected chi connectivity index (χ3v) is 6.35. The number of amides is 1. The number of nitrogens with one attached hydrogen (secondary N) is 2. The van der Waals surface area contributed by atoms with Crippen LogP contribution in [0.5, 0.6) is 11.5 Å². The Kier molecular flexibility index (Phi) is 5.55. The van der Waals surface area contributed by atoms with E-state index in [1.807, 2.05) is 0 Å². The molecular formula is C19H25N3O5S. The Hall–Kier alpha value is -2.68. The van der Waals surface area contributed by atoms with Crippen LogP contribution < -0.4 is 14.2 Å². The summed E-state index contributed by atoms with van der Waals surface area (Å²) in [5.41, 5.74) is 1.44. The van der Waals surface area contributed by atoms with Crippen molar-refractivity contribution < 1.29 is 22.7 Å². The number of sulfonamides is 1. The van der Waals surface area contributed by atoms with Crippen molar-refractivity contribution in [2.24, 2.45) is 0 Å². The molecule has 0 atom stereocenters. The molecule has 1 aliphatic heterocycles. The fourth-order valence-corrected chi connectivity index (χ4v) is 5.00. The van der Waals surface area contributed by atoms with Crippen LogP contribution in [0.2, 0.25) is 0 Å². The van der Waals surface area contributed by atoms with E-state index in [-0.39, 0.29) is 22.1 Å². The molecule has 0 unspecified atom stereocenters. The fourth-order valence-electron chi connectivity index (χ4n) is 3.50. The lowest BCUT2D eigenvalue weighted by atomic mass is 10.2. The largest absolute Gasteiger partial charge is 0.497 e. The maximum absolute atomic E-state index is 13.2. The Morgan fingerprint density at radius 2 is 1.61 bits per heavy atom. The Labute approximate surface area is 164 Å². The van der Waals surface area contributed by atoms with Crippen molar-refractivity contribution in [1.82, 2.24) is 9.88 Å². The zero-order valence-corrected chi connectivity index (χ0v) is 17.3. The first-order valence-corrected chi connectivity index (χ1v) is 10.5. The van der Waals surface area contributed by atoms with Crippen molar-refractivity contribution in [3.05, 3.63) is 35.2 Å². The molecule has 1 fully saturated rings. The maximum Gasteiger partial charge on any atom is 0.264 e. The van der Waals surface area contributed by atoms with Crippen LogP contribution in [0.1, 0.15) is 34.6 Å². The van der Waals surface area contributed by atoms with Gasteiger partial charge in [-0.1, -0.05) is 0 Å². The summed E-state index contributed by atoms with van der Waals surface area (Å²) in [5, 5.41) is 0. The van der Waals surface area contributed by atoms with Gasteiger partial charge < -0.3 is 19.4 Å². The average Bonchev–Trinajstić information content (AvgIpc) is 3.28. The van der Waals surface area contributed by atoms with Crippen LogP contribution >= 0.6 is 0 Å². The standard InChI is InChI=1S/C19H25N3O5S/c1-12-17(19(23)22-7-5-6-8-22)18(13(2)20-12)28(24,25)21-14-9-15(26-3)11-16(10-14)27-4/h9-11,20-21H,5-8H2,1-4H3. The van der Waals surface area contributed by atoms with Crippen molar-refractivity contribution in [2.45, 2.75) is 31.6 Å². The number of rotatable bonds is 6. The van der Waals surface area contributed by atoms with Crippen LogP contribution in [0, 0.1) is 13.8 Å². The zero-order chi connectivity index (χ0) is 20.5. The van der Waals surface area contributed by atoms with Gasteiger partial charge in [0.25, 0.3) is 15.9 Å². The molecule has 28 heavy (non-hydrogen) atoms. The number of carbonyl (C=O) groups excluding carboxylic acids is 1. The number of likely N-dealkylation sites (tertiary alicyclic amines) is 1. The third-order valence-electron chi connectivity index (χ3n) is 4.80. The zero-order valence-electron chi connectivity index (χ0n) is 16.5. The third kappa shape index (κ3) is 3.80. The number of methoxy groups -OCH3 is 2. The van der Waals surface area contributed by atoms with Crippen LogP contribution in [-0.4, -0.2) is 51.5 Å². The van der Waals surface area contributed by atoms with Gasteiger partial charge in [-0.3, -0.25) is 9.52 Å². The molecule has 0 aliphatic carbocycles. The molecule has 1 aromatic heterocycles. The maximum atomic E-state index is 13.2. The molecule has 2 heterocycles. The van der Waals surface area contributed by atoms with Gasteiger partial charge in [-0.15, -0.1) is 0 Å². The van der Waals surface area contributed by atoms with Gasteiger partial charge in [0.2, 0.25) is 0 Å². The highest BCUT2D eigenvalue weighted by Gasteiger charge is 2.32. The lowest BCUT2D eigenvalue weighted by Gasteiger charge is -2.17. The molecule has 152 valence electrons. The predicted octanol–water partition coefficient (Wildman–Crippen LogP) is 2.69. The summed E-state index contributed by atoms with van der Waals surface area (Å²) in [4.78, 5) is 17.7. The van der Waals surface area contributed by atoms with Crippen molar-refractivity contribution in [2.75, 3.05) is 32.0 Å². The Balaban J connectivity index is 2.02. The molecule has 2 N–H and O–H groups in total. The van der Waals surface area contributed by atoms with Gasteiger partial charge in [-0.2, -0.15) is 0 Å². The summed E-state index contributed by atoms with van der Waals surface area (Å²) >= 11 is 0. The van der Waals surface area contributed by atoms with Gasteiger partial charge >= 0.3 is 0 Å². The number of aromatic amines is 1. The second-order valence-electron chi connectivity index (χ2n) is 6.79. The molecule has 0 saturated carbocycles. The van der Waals surface area contributed by atoms with Gasteiger partial charge in [0, 0.05) is 42.7 Å². The molecule has 1 aromatic carbocycles. The van der Waals surface area contributed by atoms with Crippen LogP contribution in [0.25, 0.3) is 0 Å². The number of anilines is 1. The van der Waals surface area contributed by atoms with Crippen molar-refractivity contribution in [1.29, 1.82) is 0 Å². The van der Waals surface area contributed by atoms with Gasteiger partial charge in [-0.05, 0) is 26.7 Å². The Bertz CT molecular complexity index is 969. The molecule has 1 amide bonds. The molecule has 0 radical (unpaired) electrons. The highest BCUT2D eigenvalue weighted by molar-refractivity contribution is 7.92. The molecule has 9 heteroatoms. The molecule has 1 aliphatic rings. The number of hydrogen-bond donors (Lipinski definition) is 2. The number of nitrogens with zero attached hydrogens (tertiary/aromatic N) is 1. The lowest BCUT2D eigenvalue weighted by molar-refractivity contribution is 0.0788. The first-order chi connectivity index (χ1) is 13.3. The Morgan fingerprint density at radius 1 is 1.04 bits per heavy atom. The monoisotopic (exact) mass is 407 g/mol. The summed E-state index contributed by atoms with van der Waals surface area (Å²) in [7, 11) is -1.05. The normalized spacial score (nSPS) is 14.2. The molecule has 0 bridgehead atoms. The number of aromatic nitrogens is 1. The minimum Gasteiger partial charge on any atom is -0.497 e. The number of carbonyl (C=O) groups is 1. The predicted molar refractivity (Wildman–Crippen MR) is 106 cm³/mol. The van der Waals surface area contributed by atoms with Gasteiger partial charge in [0.15, 0.2) is 0 Å². The minimum absolute atomic E-state index is 0.0244. The van der Waals surface area contributed by atoms with E-state index in [0.717, 1.165) is 12.8 Å². The van der Waals surface area contributed by atoms with Crippen molar-refractivity contribution in [3.8, 4) is 11.5 Å². The van der Waals surface area contributed by atoms with Crippen LogP contribution in [0.15, 0.2) is 23.1 Å². The molecule has 3 rings (SSSR count). The van der Waals surface area contributed by atoms with Crippen molar-refractivity contribution >= 4 is 21.6 Å². The van der Waals surface area contributed by atoms with E-state index in [4.69, 9.17) is 9.47 Å². The number of hydrogen-bond acceptors (Lipinski definition) is 5. The quantitative estimate of drug-likeness (QED) is 0.767. The number of benzene rings is 1. The highest BCUT2D eigenvalue weighted by atomic mass is 32.2. The summed E-state index contributed by atoms with van der Waals surface area (Å²) in [6.07, 6.45) is 1.86. The fraction of sp³-hybridized carbons (Fsp3) is 0.421. The van der Waals surface area contributed by atoms with E-state index in [2.05, 4.69) is 9.71 Å². The molecule has 8 nitrogen and oxygen atoms in total. The summed E-state index contributed by atoms with van der Waals surface area (Å²) in [5.74, 6) is 0.641. The van der Waals surface area contributed by atoms with Gasteiger partial charge in [-0.25, -0.2) is 8.42 Å². The van der Waals surface area contributed by atoms with Gasteiger partial charge in [0.05, 0.1) is 25.5 Å². The molecular weight excluding hydrogens is 382 g/mol. The summed E-state index contributed by atoms with van der Waals surface area (Å²) < 4.78 is 39.3. The minimum atomic E-state index is -4.02. The number of aryl methyl sites for hydroxylation is 2. The molecule has 2 aromatic rings. The second kappa shape index (κ2) is 7.75. The van der Waals surface area contributed by atoms with E-state index in [1.165, 1.54) is 14.2 Å².